The summed E-state index contributed by atoms with van der Waals surface area (Å²) in [5, 5.41) is 3.70. The molecule has 0 bridgehead atoms. The van der Waals surface area contributed by atoms with Gasteiger partial charge in [0.25, 0.3) is 0 Å². The smallest absolute Gasteiger partial charge is 0.242 e. The van der Waals surface area contributed by atoms with Gasteiger partial charge >= 0.3 is 0 Å². The highest BCUT2D eigenvalue weighted by Gasteiger charge is 2.14. The highest BCUT2D eigenvalue weighted by atomic mass is 35.5. The Morgan fingerprint density at radius 1 is 1.35 bits per heavy atom. The average Bonchev–Trinajstić information content (AvgIpc) is 2.80. The molecule has 0 aliphatic carbocycles. The lowest BCUT2D eigenvalue weighted by Gasteiger charge is -2.04. The van der Waals surface area contributed by atoms with Crippen molar-refractivity contribution < 1.29 is 12.9 Å². The second kappa shape index (κ2) is 4.82. The van der Waals surface area contributed by atoms with Gasteiger partial charge in [-0.25, -0.2) is 18.1 Å². The first-order chi connectivity index (χ1) is 8.08. The van der Waals surface area contributed by atoms with Crippen molar-refractivity contribution in [1.82, 2.24) is 14.9 Å². The quantitative estimate of drug-likeness (QED) is 0.846. The van der Waals surface area contributed by atoms with Crippen molar-refractivity contribution in [2.75, 3.05) is 0 Å². The van der Waals surface area contributed by atoms with Gasteiger partial charge in [-0.05, 0) is 12.1 Å². The van der Waals surface area contributed by atoms with Crippen molar-refractivity contribution in [1.29, 1.82) is 0 Å². The fraction of sp³-hybridized carbons (Fsp3) is 0.111. The number of nitrogens with one attached hydrogen (secondary N) is 1. The number of rotatable bonds is 4. The molecule has 0 aliphatic heterocycles. The van der Waals surface area contributed by atoms with E-state index in [1.807, 2.05) is 0 Å². The first-order valence-electron chi connectivity index (χ1n) is 4.59. The van der Waals surface area contributed by atoms with Crippen molar-refractivity contribution in [3.8, 4) is 0 Å². The van der Waals surface area contributed by atoms with Crippen molar-refractivity contribution in [3.05, 3.63) is 41.5 Å². The summed E-state index contributed by atoms with van der Waals surface area (Å²) in [5.41, 5.74) is 0. The van der Waals surface area contributed by atoms with E-state index in [1.165, 1.54) is 24.5 Å². The van der Waals surface area contributed by atoms with Crippen LogP contribution >= 0.6 is 11.6 Å². The molecular weight excluding hydrogens is 266 g/mol. The molecule has 0 atom stereocenters. The summed E-state index contributed by atoms with van der Waals surface area (Å²) in [5.74, 6) is 0.426. The van der Waals surface area contributed by atoms with Gasteiger partial charge in [0.2, 0.25) is 10.0 Å². The van der Waals surface area contributed by atoms with Crippen molar-refractivity contribution in [3.63, 3.8) is 0 Å². The molecule has 0 aliphatic rings. The molecule has 8 heteroatoms. The third kappa shape index (κ3) is 3.02. The zero-order valence-corrected chi connectivity index (χ0v) is 10.1. The summed E-state index contributed by atoms with van der Waals surface area (Å²) in [6.07, 6.45) is 2.62. The van der Waals surface area contributed by atoms with Crippen molar-refractivity contribution in [2.45, 2.75) is 11.4 Å². The highest BCUT2D eigenvalue weighted by Crippen LogP contribution is 2.11. The molecule has 0 fully saturated rings. The second-order valence-corrected chi connectivity index (χ2v) is 5.27. The Bertz CT molecular complexity index is 580. The van der Waals surface area contributed by atoms with Crippen molar-refractivity contribution >= 4 is 21.6 Å². The molecule has 1 N–H and O–H groups in total. The minimum absolute atomic E-state index is 0.0327. The Morgan fingerprint density at radius 2 is 2.18 bits per heavy atom. The van der Waals surface area contributed by atoms with Crippen LogP contribution in [0.4, 0.5) is 0 Å². The van der Waals surface area contributed by atoms with Crippen LogP contribution in [0.25, 0.3) is 0 Å². The molecule has 0 saturated carbocycles. The summed E-state index contributed by atoms with van der Waals surface area (Å²) in [7, 11) is -3.61. The van der Waals surface area contributed by atoms with Crippen LogP contribution in [0.2, 0.25) is 5.15 Å². The van der Waals surface area contributed by atoms with Crippen LogP contribution in [0.15, 0.2) is 40.0 Å². The van der Waals surface area contributed by atoms with Gasteiger partial charge in [0.15, 0.2) is 5.76 Å². The Hall–Kier alpha value is -1.44. The molecule has 0 radical (unpaired) electrons. The second-order valence-electron chi connectivity index (χ2n) is 3.12. The number of hydrogen-bond donors (Lipinski definition) is 1. The Balaban J connectivity index is 2.11. The predicted octanol–water partition coefficient (Wildman–Crippen LogP) is 1.20. The molecule has 0 spiro atoms. The minimum Gasteiger partial charge on any atom is -0.360 e. The van der Waals surface area contributed by atoms with Crippen LogP contribution in [-0.4, -0.2) is 18.6 Å². The summed E-state index contributed by atoms with van der Waals surface area (Å²) in [6, 6.07) is 4.35. The van der Waals surface area contributed by atoms with Crippen molar-refractivity contribution in [2.24, 2.45) is 0 Å². The maximum Gasteiger partial charge on any atom is 0.242 e. The number of pyridine rings is 1. The molecule has 2 rings (SSSR count). The topological polar surface area (TPSA) is 85.1 Å². The third-order valence-corrected chi connectivity index (χ3v) is 3.55. The zero-order chi connectivity index (χ0) is 12.3. The molecule has 17 heavy (non-hydrogen) atoms. The van der Waals surface area contributed by atoms with Gasteiger partial charge in [0.1, 0.15) is 10.0 Å². The molecule has 0 saturated heterocycles. The zero-order valence-electron chi connectivity index (χ0n) is 8.50. The third-order valence-electron chi connectivity index (χ3n) is 1.94. The molecule has 0 amide bonds. The molecule has 90 valence electrons. The average molecular weight is 274 g/mol. The normalized spacial score (nSPS) is 11.6. The van der Waals surface area contributed by atoms with Gasteiger partial charge in [-0.3, -0.25) is 0 Å². The monoisotopic (exact) mass is 273 g/mol. The maximum absolute atomic E-state index is 11.8. The van der Waals surface area contributed by atoms with Crippen LogP contribution < -0.4 is 4.72 Å². The number of hydrogen-bond acceptors (Lipinski definition) is 5. The maximum atomic E-state index is 11.8. The van der Waals surface area contributed by atoms with Gasteiger partial charge in [-0.15, -0.1) is 0 Å². The molecule has 2 heterocycles. The first kappa shape index (κ1) is 12.0. The molecular formula is C9H8ClN3O3S. The Labute approximate surface area is 103 Å². The van der Waals surface area contributed by atoms with Gasteiger partial charge in [0, 0.05) is 12.3 Å². The van der Waals surface area contributed by atoms with E-state index >= 15 is 0 Å². The van der Waals surface area contributed by atoms with Gasteiger partial charge in [0.05, 0.1) is 12.7 Å². The summed E-state index contributed by atoms with van der Waals surface area (Å²) in [6.45, 7) is 0.0327. The van der Waals surface area contributed by atoms with Gasteiger partial charge < -0.3 is 4.52 Å². The number of halogens is 1. The van der Waals surface area contributed by atoms with E-state index in [0.717, 1.165) is 0 Å². The largest absolute Gasteiger partial charge is 0.360 e. The highest BCUT2D eigenvalue weighted by molar-refractivity contribution is 7.89. The Kier molecular flexibility index (Phi) is 3.41. The van der Waals surface area contributed by atoms with E-state index in [0.29, 0.717) is 5.76 Å². The fourth-order valence-electron chi connectivity index (χ4n) is 1.10. The first-order valence-corrected chi connectivity index (χ1v) is 6.45. The summed E-state index contributed by atoms with van der Waals surface area (Å²) in [4.78, 5) is 3.74. The predicted molar refractivity (Wildman–Crippen MR) is 59.8 cm³/mol. The van der Waals surface area contributed by atoms with E-state index in [1.54, 1.807) is 6.07 Å². The van der Waals surface area contributed by atoms with E-state index in [-0.39, 0.29) is 16.6 Å². The van der Waals surface area contributed by atoms with E-state index < -0.39 is 10.0 Å². The minimum atomic E-state index is -3.61. The van der Waals surface area contributed by atoms with Crippen LogP contribution in [0, 0.1) is 0 Å². The lowest BCUT2D eigenvalue weighted by Crippen LogP contribution is -2.23. The SMILES string of the molecule is O=S(=O)(NCc1ccno1)c1ccc(Cl)nc1. The van der Waals surface area contributed by atoms with Crippen LogP contribution in [0.5, 0.6) is 0 Å². The summed E-state index contributed by atoms with van der Waals surface area (Å²) >= 11 is 5.57. The molecule has 0 aromatic carbocycles. The lowest BCUT2D eigenvalue weighted by atomic mass is 10.5. The van der Waals surface area contributed by atoms with Gasteiger partial charge in [-0.2, -0.15) is 0 Å². The van der Waals surface area contributed by atoms with Crippen LogP contribution in [0.3, 0.4) is 0 Å². The van der Waals surface area contributed by atoms with E-state index in [9.17, 15) is 8.42 Å². The Morgan fingerprint density at radius 3 is 2.76 bits per heavy atom. The number of aromatic nitrogens is 2. The van der Waals surface area contributed by atoms with Gasteiger partial charge in [-0.1, -0.05) is 16.8 Å². The molecule has 0 unspecified atom stereocenters. The molecule has 6 nitrogen and oxygen atoms in total. The van der Waals surface area contributed by atoms with Crippen LogP contribution in [0.1, 0.15) is 5.76 Å². The van der Waals surface area contributed by atoms with E-state index in [2.05, 4.69) is 14.9 Å². The lowest BCUT2D eigenvalue weighted by molar-refractivity contribution is 0.380. The summed E-state index contributed by atoms with van der Waals surface area (Å²) < 4.78 is 30.7. The number of sulfonamides is 1. The molecule has 2 aromatic heterocycles. The van der Waals surface area contributed by atoms with Crippen LogP contribution in [-0.2, 0) is 16.6 Å². The fourth-order valence-corrected chi connectivity index (χ4v) is 2.15. The van der Waals surface area contributed by atoms with E-state index in [4.69, 9.17) is 16.1 Å². The molecule has 2 aromatic rings. The standard InChI is InChI=1S/C9H8ClN3O3S/c10-9-2-1-8(6-11-9)17(14,15)13-5-7-3-4-12-16-7/h1-4,6,13H,5H2. The number of nitrogens with zero attached hydrogens (tertiary/aromatic N) is 2.